The number of ether oxygens (including phenoxy) is 1. The van der Waals surface area contributed by atoms with Crippen molar-refractivity contribution in [2.45, 2.75) is 25.9 Å². The molecule has 2 N–H and O–H groups in total. The number of nitrogens with one attached hydrogen (secondary N) is 2. The maximum Gasteiger partial charge on any atom is 0.320 e. The molecular formula is C25H24N4O2. The van der Waals surface area contributed by atoms with Crippen molar-refractivity contribution in [3.63, 3.8) is 0 Å². The molecule has 4 rings (SSSR count). The van der Waals surface area contributed by atoms with Crippen molar-refractivity contribution in [1.82, 2.24) is 15.3 Å². The number of benzene rings is 1. The lowest BCUT2D eigenvalue weighted by Gasteiger charge is -2.13. The SMILES string of the molecule is Cc1ccc(NC(=O)NCC2CCCO2)nc1-c1ccc(C#Cc2cccnc2)cc1. The van der Waals surface area contributed by atoms with Gasteiger partial charge >= 0.3 is 6.03 Å². The highest BCUT2D eigenvalue weighted by atomic mass is 16.5. The molecule has 6 heteroatoms. The third-order valence-electron chi connectivity index (χ3n) is 5.02. The summed E-state index contributed by atoms with van der Waals surface area (Å²) >= 11 is 0. The summed E-state index contributed by atoms with van der Waals surface area (Å²) in [5.41, 5.74) is 4.60. The second-order valence-electron chi connectivity index (χ2n) is 7.40. The van der Waals surface area contributed by atoms with Crippen molar-refractivity contribution in [2.75, 3.05) is 18.5 Å². The normalized spacial score (nSPS) is 15.1. The largest absolute Gasteiger partial charge is 0.376 e. The number of rotatable bonds is 4. The first-order valence-corrected chi connectivity index (χ1v) is 10.3. The zero-order valence-electron chi connectivity index (χ0n) is 17.4. The summed E-state index contributed by atoms with van der Waals surface area (Å²) in [5.74, 6) is 6.75. The molecule has 0 saturated carbocycles. The number of hydrogen-bond donors (Lipinski definition) is 2. The Balaban J connectivity index is 1.43. The predicted octanol–water partition coefficient (Wildman–Crippen LogP) is 4.15. The lowest BCUT2D eigenvalue weighted by Crippen LogP contribution is -2.35. The van der Waals surface area contributed by atoms with E-state index in [4.69, 9.17) is 4.74 Å². The van der Waals surface area contributed by atoms with Gasteiger partial charge in [-0.05, 0) is 55.7 Å². The maximum absolute atomic E-state index is 12.2. The van der Waals surface area contributed by atoms with Crippen molar-refractivity contribution in [3.8, 4) is 23.1 Å². The molecule has 1 aromatic carbocycles. The van der Waals surface area contributed by atoms with Crippen LogP contribution in [0, 0.1) is 18.8 Å². The number of hydrogen-bond acceptors (Lipinski definition) is 4. The number of amides is 2. The smallest absolute Gasteiger partial charge is 0.320 e. The monoisotopic (exact) mass is 412 g/mol. The molecule has 0 radical (unpaired) electrons. The van der Waals surface area contributed by atoms with Crippen molar-refractivity contribution in [3.05, 3.63) is 77.6 Å². The van der Waals surface area contributed by atoms with E-state index < -0.39 is 0 Å². The van der Waals surface area contributed by atoms with E-state index in [0.717, 1.165) is 47.4 Å². The van der Waals surface area contributed by atoms with Crippen LogP contribution in [0.1, 0.15) is 29.5 Å². The topological polar surface area (TPSA) is 76.1 Å². The number of carbonyl (C=O) groups excluding carboxylic acids is 1. The standard InChI is InChI=1S/C25H24N4O2/c1-18-6-13-23(29-25(30)27-17-22-5-3-15-31-22)28-24(18)21-11-9-19(10-12-21)7-8-20-4-2-14-26-16-20/h2,4,6,9-14,16,22H,3,5,15,17H2,1H3,(H2,27,28,29,30). The molecule has 1 saturated heterocycles. The number of pyridine rings is 2. The molecule has 1 aliphatic rings. The highest BCUT2D eigenvalue weighted by Crippen LogP contribution is 2.23. The number of aromatic nitrogens is 2. The molecule has 3 aromatic rings. The third-order valence-corrected chi connectivity index (χ3v) is 5.02. The second-order valence-corrected chi connectivity index (χ2v) is 7.40. The summed E-state index contributed by atoms with van der Waals surface area (Å²) < 4.78 is 5.53. The van der Waals surface area contributed by atoms with E-state index in [0.29, 0.717) is 12.4 Å². The Labute approximate surface area is 182 Å². The molecule has 3 heterocycles. The maximum atomic E-state index is 12.2. The summed E-state index contributed by atoms with van der Waals surface area (Å²) in [6.07, 6.45) is 5.60. The Kier molecular flexibility index (Phi) is 6.56. The van der Waals surface area contributed by atoms with E-state index in [9.17, 15) is 4.79 Å². The summed E-state index contributed by atoms with van der Waals surface area (Å²) in [7, 11) is 0. The van der Waals surface area contributed by atoms with Crippen LogP contribution in [0.3, 0.4) is 0 Å². The minimum atomic E-state index is -0.279. The molecule has 2 aromatic heterocycles. The van der Waals surface area contributed by atoms with Crippen LogP contribution in [-0.4, -0.2) is 35.3 Å². The number of urea groups is 1. The zero-order valence-corrected chi connectivity index (χ0v) is 17.4. The molecule has 0 bridgehead atoms. The summed E-state index contributed by atoms with van der Waals surface area (Å²) in [4.78, 5) is 20.9. The van der Waals surface area contributed by atoms with Gasteiger partial charge in [-0.1, -0.05) is 30.0 Å². The van der Waals surface area contributed by atoms with Gasteiger partial charge in [0.25, 0.3) is 0 Å². The Bertz CT molecular complexity index is 1100. The summed E-state index contributed by atoms with van der Waals surface area (Å²) in [5, 5.41) is 5.66. The van der Waals surface area contributed by atoms with Gasteiger partial charge in [-0.25, -0.2) is 9.78 Å². The van der Waals surface area contributed by atoms with Crippen LogP contribution in [-0.2, 0) is 4.74 Å². The number of carbonyl (C=O) groups is 1. The molecule has 1 unspecified atom stereocenters. The fourth-order valence-corrected chi connectivity index (χ4v) is 3.36. The van der Waals surface area contributed by atoms with Crippen LogP contribution >= 0.6 is 0 Å². The Morgan fingerprint density at radius 1 is 1.13 bits per heavy atom. The van der Waals surface area contributed by atoms with E-state index in [1.807, 2.05) is 49.4 Å². The van der Waals surface area contributed by atoms with Gasteiger partial charge in [0.2, 0.25) is 0 Å². The Morgan fingerprint density at radius 2 is 1.97 bits per heavy atom. The second kappa shape index (κ2) is 9.88. The molecule has 1 aliphatic heterocycles. The fraction of sp³-hybridized carbons (Fsp3) is 0.240. The minimum Gasteiger partial charge on any atom is -0.376 e. The van der Waals surface area contributed by atoms with Gasteiger partial charge in [0.05, 0.1) is 11.8 Å². The van der Waals surface area contributed by atoms with Gasteiger partial charge in [0, 0.05) is 42.2 Å². The predicted molar refractivity (Wildman–Crippen MR) is 121 cm³/mol. The quantitative estimate of drug-likeness (QED) is 0.631. The van der Waals surface area contributed by atoms with Gasteiger partial charge in [0.15, 0.2) is 0 Å². The minimum absolute atomic E-state index is 0.104. The zero-order chi connectivity index (χ0) is 21.5. The van der Waals surface area contributed by atoms with Crippen molar-refractivity contribution < 1.29 is 9.53 Å². The molecule has 0 aliphatic carbocycles. The summed E-state index contributed by atoms with van der Waals surface area (Å²) in [6, 6.07) is 15.2. The van der Waals surface area contributed by atoms with E-state index in [1.54, 1.807) is 18.5 Å². The van der Waals surface area contributed by atoms with E-state index in [-0.39, 0.29) is 12.1 Å². The van der Waals surface area contributed by atoms with E-state index >= 15 is 0 Å². The van der Waals surface area contributed by atoms with Crippen LogP contribution in [0.5, 0.6) is 0 Å². The molecular weight excluding hydrogens is 388 g/mol. The van der Waals surface area contributed by atoms with E-state index in [1.165, 1.54) is 0 Å². The van der Waals surface area contributed by atoms with Crippen molar-refractivity contribution in [2.24, 2.45) is 0 Å². The molecule has 1 atom stereocenters. The van der Waals surface area contributed by atoms with E-state index in [2.05, 4.69) is 32.4 Å². The Hall–Kier alpha value is -3.69. The summed E-state index contributed by atoms with van der Waals surface area (Å²) in [6.45, 7) is 3.27. The molecule has 156 valence electrons. The van der Waals surface area contributed by atoms with Gasteiger partial charge in [0.1, 0.15) is 5.82 Å². The molecule has 31 heavy (non-hydrogen) atoms. The first-order chi connectivity index (χ1) is 15.2. The molecule has 0 spiro atoms. The fourth-order valence-electron chi connectivity index (χ4n) is 3.36. The molecule has 6 nitrogen and oxygen atoms in total. The third kappa shape index (κ3) is 5.68. The number of nitrogens with zero attached hydrogens (tertiary/aromatic N) is 2. The highest BCUT2D eigenvalue weighted by Gasteiger charge is 2.16. The van der Waals surface area contributed by atoms with Crippen molar-refractivity contribution >= 4 is 11.8 Å². The first kappa shape index (κ1) is 20.6. The number of anilines is 1. The van der Waals surface area contributed by atoms with Crippen LogP contribution in [0.4, 0.5) is 10.6 Å². The van der Waals surface area contributed by atoms with Crippen LogP contribution in [0.15, 0.2) is 60.9 Å². The van der Waals surface area contributed by atoms with Crippen molar-refractivity contribution in [1.29, 1.82) is 0 Å². The first-order valence-electron chi connectivity index (χ1n) is 10.3. The Morgan fingerprint density at radius 3 is 2.71 bits per heavy atom. The van der Waals surface area contributed by atoms with Crippen LogP contribution < -0.4 is 10.6 Å². The van der Waals surface area contributed by atoms with Gasteiger partial charge < -0.3 is 10.1 Å². The lowest BCUT2D eigenvalue weighted by atomic mass is 10.0. The average molecular weight is 412 g/mol. The lowest BCUT2D eigenvalue weighted by molar-refractivity contribution is 0.112. The van der Waals surface area contributed by atoms with Crippen LogP contribution in [0.2, 0.25) is 0 Å². The van der Waals surface area contributed by atoms with Gasteiger partial charge in [-0.3, -0.25) is 10.3 Å². The average Bonchev–Trinajstić information content (AvgIpc) is 3.33. The highest BCUT2D eigenvalue weighted by molar-refractivity contribution is 5.88. The van der Waals surface area contributed by atoms with Gasteiger partial charge in [-0.2, -0.15) is 0 Å². The molecule has 2 amide bonds. The van der Waals surface area contributed by atoms with Gasteiger partial charge in [-0.15, -0.1) is 0 Å². The molecule has 1 fully saturated rings. The number of aryl methyl sites for hydroxylation is 1. The van der Waals surface area contributed by atoms with Crippen LogP contribution in [0.25, 0.3) is 11.3 Å².